The highest BCUT2D eigenvalue weighted by Gasteiger charge is 2.02. The van der Waals surface area contributed by atoms with Crippen LogP contribution in [0.1, 0.15) is 12.0 Å². The monoisotopic (exact) mass is 309 g/mol. The van der Waals surface area contributed by atoms with Crippen molar-refractivity contribution in [3.63, 3.8) is 0 Å². The molecule has 0 aliphatic heterocycles. The normalized spacial score (nSPS) is 10.4. The van der Waals surface area contributed by atoms with Gasteiger partial charge >= 0.3 is 5.97 Å². The summed E-state index contributed by atoms with van der Waals surface area (Å²) in [5, 5.41) is 5.08. The van der Waals surface area contributed by atoms with Gasteiger partial charge in [0.25, 0.3) is 0 Å². The van der Waals surface area contributed by atoms with Crippen molar-refractivity contribution in [2.24, 2.45) is 5.14 Å². The van der Waals surface area contributed by atoms with E-state index in [2.05, 4.69) is 23.0 Å². The van der Waals surface area contributed by atoms with Gasteiger partial charge in [0.2, 0.25) is 10.0 Å². The highest BCUT2D eigenvalue weighted by Crippen LogP contribution is 2.06. The molecule has 6 heteroatoms. The van der Waals surface area contributed by atoms with Gasteiger partial charge in [-0.05, 0) is 12.0 Å². The number of carbonyl (C=O) groups is 1. The topological polar surface area (TPSA) is 86.5 Å². The van der Waals surface area contributed by atoms with E-state index in [1.54, 1.807) is 0 Å². The lowest BCUT2D eigenvalue weighted by molar-refractivity contribution is -0.136. The maximum Gasteiger partial charge on any atom is 0.333 e. The first-order chi connectivity index (χ1) is 9.80. The number of allylic oxidation sites excluding steroid dienone is 1. The van der Waals surface area contributed by atoms with E-state index in [9.17, 15) is 13.2 Å². The number of methoxy groups -OCH3 is 1. The maximum absolute atomic E-state index is 11.0. The van der Waals surface area contributed by atoms with Crippen LogP contribution in [0.15, 0.2) is 60.5 Å². The Morgan fingerprint density at radius 1 is 1.33 bits per heavy atom. The minimum absolute atomic E-state index is 0.354. The molecule has 0 saturated heterocycles. The van der Waals surface area contributed by atoms with Crippen molar-refractivity contribution in [1.29, 1.82) is 0 Å². The predicted molar refractivity (Wildman–Crippen MR) is 84.6 cm³/mol. The van der Waals surface area contributed by atoms with Gasteiger partial charge in [-0.3, -0.25) is 0 Å². The number of hydrogen-bond acceptors (Lipinski definition) is 4. The van der Waals surface area contributed by atoms with Crippen molar-refractivity contribution in [3.05, 3.63) is 66.1 Å². The first-order valence-corrected chi connectivity index (χ1v) is 7.54. The zero-order chi connectivity index (χ0) is 16.3. The van der Waals surface area contributed by atoms with Gasteiger partial charge in [-0.1, -0.05) is 55.6 Å². The molecule has 1 aromatic carbocycles. The van der Waals surface area contributed by atoms with E-state index in [0.717, 1.165) is 5.56 Å². The van der Waals surface area contributed by atoms with E-state index in [1.807, 2.05) is 42.5 Å². The average Bonchev–Trinajstić information content (AvgIpc) is 2.47. The Morgan fingerprint density at radius 2 is 1.86 bits per heavy atom. The summed E-state index contributed by atoms with van der Waals surface area (Å²) in [5.41, 5.74) is 1.57. The molecule has 0 amide bonds. The first-order valence-electron chi connectivity index (χ1n) is 5.93. The zero-order valence-corrected chi connectivity index (χ0v) is 12.7. The molecule has 0 radical (unpaired) electrons. The lowest BCUT2D eigenvalue weighted by Gasteiger charge is -1.98. The Morgan fingerprint density at radius 3 is 2.29 bits per heavy atom. The van der Waals surface area contributed by atoms with Crippen molar-refractivity contribution in [2.75, 3.05) is 7.11 Å². The second kappa shape index (κ2) is 9.68. The van der Waals surface area contributed by atoms with E-state index >= 15 is 0 Å². The van der Waals surface area contributed by atoms with Crippen LogP contribution in [-0.4, -0.2) is 21.5 Å². The molecule has 0 aliphatic carbocycles. The van der Waals surface area contributed by atoms with Crippen molar-refractivity contribution >= 4 is 22.1 Å². The Labute approximate surface area is 125 Å². The summed E-state index contributed by atoms with van der Waals surface area (Å²) in [6.45, 7) is 6.55. The summed E-state index contributed by atoms with van der Waals surface area (Å²) in [6.07, 6.45) is 4.37. The third-order valence-electron chi connectivity index (χ3n) is 2.18. The van der Waals surface area contributed by atoms with Gasteiger partial charge in [0.05, 0.1) is 7.11 Å². The highest BCUT2D eigenvalue weighted by molar-refractivity contribution is 7.92. The Balaban J connectivity index is 0.000000567. The molecule has 0 unspecified atom stereocenters. The van der Waals surface area contributed by atoms with E-state index < -0.39 is 10.0 Å². The minimum Gasteiger partial charge on any atom is -0.466 e. The zero-order valence-electron chi connectivity index (χ0n) is 11.9. The average molecular weight is 309 g/mol. The molecule has 2 N–H and O–H groups in total. The van der Waals surface area contributed by atoms with Crippen LogP contribution in [-0.2, 0) is 19.6 Å². The van der Waals surface area contributed by atoms with Crippen LogP contribution >= 0.6 is 0 Å². The second-order valence-corrected chi connectivity index (χ2v) is 5.38. The fourth-order valence-corrected chi connectivity index (χ4v) is 1.13. The van der Waals surface area contributed by atoms with E-state index in [4.69, 9.17) is 0 Å². The number of ether oxygens (including phenoxy) is 1. The van der Waals surface area contributed by atoms with Gasteiger partial charge in [-0.15, -0.1) is 0 Å². The Bertz CT molecular complexity index is 592. The molecule has 0 heterocycles. The van der Waals surface area contributed by atoms with Crippen LogP contribution in [0.5, 0.6) is 0 Å². The summed E-state index contributed by atoms with van der Waals surface area (Å²) in [4.78, 5) is 11.0. The van der Waals surface area contributed by atoms with Gasteiger partial charge < -0.3 is 4.74 Å². The lowest BCUT2D eigenvalue weighted by atomic mass is 10.1. The number of hydrogen-bond donors (Lipinski definition) is 1. The number of rotatable bonds is 5. The minimum atomic E-state index is -3.40. The van der Waals surface area contributed by atoms with E-state index in [0.29, 0.717) is 17.4 Å². The highest BCUT2D eigenvalue weighted by atomic mass is 32.2. The number of nitrogens with two attached hydrogens (primary N) is 1. The molecule has 0 atom stereocenters. The quantitative estimate of drug-likeness (QED) is 0.667. The van der Waals surface area contributed by atoms with Crippen molar-refractivity contribution < 1.29 is 17.9 Å². The summed E-state index contributed by atoms with van der Waals surface area (Å²) in [6, 6.07) is 9.89. The van der Waals surface area contributed by atoms with Crippen molar-refractivity contribution in [3.8, 4) is 0 Å². The van der Waals surface area contributed by atoms with Crippen LogP contribution in [0.3, 0.4) is 0 Å². The SMILES string of the molecule is C=C(CC=Cc1ccccc1)C(=O)OC.C=CS(N)(=O)=O. The van der Waals surface area contributed by atoms with Gasteiger partial charge in [-0.25, -0.2) is 18.4 Å². The van der Waals surface area contributed by atoms with E-state index in [-0.39, 0.29) is 5.97 Å². The molecule has 0 saturated carbocycles. The molecular formula is C15H19NO4S. The molecule has 0 fully saturated rings. The third-order valence-corrected chi connectivity index (χ3v) is 2.65. The summed E-state index contributed by atoms with van der Waals surface area (Å²) < 4.78 is 23.9. The van der Waals surface area contributed by atoms with Gasteiger partial charge in [-0.2, -0.15) is 0 Å². The molecule has 114 valence electrons. The second-order valence-electron chi connectivity index (χ2n) is 3.87. The van der Waals surface area contributed by atoms with Gasteiger partial charge in [0, 0.05) is 11.0 Å². The van der Waals surface area contributed by atoms with Crippen LogP contribution in [0.2, 0.25) is 0 Å². The van der Waals surface area contributed by atoms with E-state index in [1.165, 1.54) is 7.11 Å². The predicted octanol–water partition coefficient (Wildman–Crippen LogP) is 2.24. The molecule has 0 spiro atoms. The molecule has 0 aliphatic rings. The van der Waals surface area contributed by atoms with Crippen LogP contribution in [0, 0.1) is 0 Å². The van der Waals surface area contributed by atoms with Crippen molar-refractivity contribution in [1.82, 2.24) is 0 Å². The first kappa shape index (κ1) is 18.8. The number of sulfonamides is 1. The molecule has 21 heavy (non-hydrogen) atoms. The third kappa shape index (κ3) is 10.3. The smallest absolute Gasteiger partial charge is 0.333 e. The maximum atomic E-state index is 11.0. The molecule has 1 rings (SSSR count). The number of benzene rings is 1. The Kier molecular flexibility index (Phi) is 8.68. The summed E-state index contributed by atoms with van der Waals surface area (Å²) >= 11 is 0. The molecule has 0 aromatic heterocycles. The standard InChI is InChI=1S/C13H14O2.C2H5NO2S/c1-11(13(14)15-2)7-6-10-12-8-4-3-5-9-12;1-2-6(3,4)5/h3-6,8-10H,1,7H2,2H3;2H,1H2,(H2,3,4,5). The number of primary sulfonamides is 1. The fraction of sp³-hybridized carbons (Fsp3) is 0.133. The van der Waals surface area contributed by atoms with Crippen LogP contribution in [0.4, 0.5) is 0 Å². The number of esters is 1. The summed E-state index contributed by atoms with van der Waals surface area (Å²) in [7, 11) is -2.04. The number of carbonyl (C=O) groups excluding carboxylic acids is 1. The Hall–Kier alpha value is -2.18. The van der Waals surface area contributed by atoms with Crippen molar-refractivity contribution in [2.45, 2.75) is 6.42 Å². The molecule has 5 nitrogen and oxygen atoms in total. The molecule has 0 bridgehead atoms. The van der Waals surface area contributed by atoms with Gasteiger partial charge in [0.1, 0.15) is 0 Å². The fourth-order valence-electron chi connectivity index (χ4n) is 1.13. The van der Waals surface area contributed by atoms with Crippen LogP contribution in [0.25, 0.3) is 6.08 Å². The lowest BCUT2D eigenvalue weighted by Crippen LogP contribution is -2.05. The van der Waals surface area contributed by atoms with Crippen LogP contribution < -0.4 is 5.14 Å². The molecular weight excluding hydrogens is 290 g/mol. The summed E-state index contributed by atoms with van der Waals surface area (Å²) in [5.74, 6) is -0.354. The van der Waals surface area contributed by atoms with Gasteiger partial charge in [0.15, 0.2) is 0 Å². The largest absolute Gasteiger partial charge is 0.466 e. The molecule has 1 aromatic rings.